The van der Waals surface area contributed by atoms with Crippen LogP contribution in [0.5, 0.6) is 17.2 Å². The van der Waals surface area contributed by atoms with Crippen molar-refractivity contribution in [2.45, 2.75) is 19.4 Å². The molecule has 1 unspecified atom stereocenters. The van der Waals surface area contributed by atoms with E-state index in [1.54, 1.807) is 56.3 Å². The number of methoxy groups -OCH3 is 3. The molecule has 0 aromatic heterocycles. The van der Waals surface area contributed by atoms with Gasteiger partial charge in [0.15, 0.2) is 5.17 Å². The minimum absolute atomic E-state index is 0.208. The fourth-order valence-electron chi connectivity index (χ4n) is 4.91. The van der Waals surface area contributed by atoms with E-state index in [9.17, 15) is 9.59 Å². The highest BCUT2D eigenvalue weighted by molar-refractivity contribution is 8.13. The van der Waals surface area contributed by atoms with Crippen LogP contribution < -0.4 is 24.8 Å². The fraction of sp³-hybridized carbons (Fsp3) is 0.258. The van der Waals surface area contributed by atoms with Crippen molar-refractivity contribution in [2.24, 2.45) is 4.99 Å². The van der Waals surface area contributed by atoms with Gasteiger partial charge in [0, 0.05) is 29.7 Å². The van der Waals surface area contributed by atoms with Crippen molar-refractivity contribution in [3.8, 4) is 17.2 Å². The number of nitrogens with zero attached hydrogens (tertiary/aromatic N) is 2. The molecule has 10 heteroatoms. The average Bonchev–Trinajstić information content (AvgIpc) is 3.00. The number of anilines is 2. The van der Waals surface area contributed by atoms with Crippen molar-refractivity contribution in [2.75, 3.05) is 44.3 Å². The van der Waals surface area contributed by atoms with Crippen LogP contribution in [-0.2, 0) is 4.79 Å². The Morgan fingerprint density at radius 2 is 1.49 bits per heavy atom. The van der Waals surface area contributed by atoms with Gasteiger partial charge in [0.1, 0.15) is 17.2 Å². The number of ether oxygens (including phenoxy) is 3. The van der Waals surface area contributed by atoms with Crippen LogP contribution in [0, 0.1) is 0 Å². The third kappa shape index (κ3) is 6.02. The number of benzene rings is 3. The van der Waals surface area contributed by atoms with Gasteiger partial charge in [-0.15, -0.1) is 0 Å². The molecule has 3 aromatic rings. The standard InChI is InChI=1S/C31H32N4O5S/c1-19-27(30(37)34-22-10-12-23(38-2)13-11-22)28(35-16-5-17-41-31(35)32-19)20-6-8-21(9-7-20)33-29(36)25-15-14-24(39-3)18-26(25)40-4/h6-15,18,28H,5,16-17H2,1-4H3,(H,33,36)(H,34,37). The summed E-state index contributed by atoms with van der Waals surface area (Å²) in [5.41, 5.74) is 3.90. The minimum atomic E-state index is -0.319. The Bertz CT molecular complexity index is 1500. The largest absolute Gasteiger partial charge is 0.497 e. The van der Waals surface area contributed by atoms with Crippen LogP contribution in [0.2, 0.25) is 0 Å². The molecule has 212 valence electrons. The second-order valence-corrected chi connectivity index (χ2v) is 10.6. The van der Waals surface area contributed by atoms with E-state index in [-0.39, 0.29) is 17.9 Å². The molecule has 0 aliphatic carbocycles. The molecule has 41 heavy (non-hydrogen) atoms. The summed E-state index contributed by atoms with van der Waals surface area (Å²) in [6, 6.07) is 19.6. The van der Waals surface area contributed by atoms with E-state index >= 15 is 0 Å². The SMILES string of the molecule is COc1ccc(NC(=O)C2=C(C)N=C3SCCCN3C2c2ccc(NC(=O)c3ccc(OC)cc3OC)cc2)cc1. The molecule has 5 rings (SSSR count). The van der Waals surface area contributed by atoms with Crippen molar-refractivity contribution in [3.05, 3.63) is 89.1 Å². The van der Waals surface area contributed by atoms with Crippen LogP contribution in [0.3, 0.4) is 0 Å². The molecule has 3 aromatic carbocycles. The van der Waals surface area contributed by atoms with Crippen LogP contribution in [0.4, 0.5) is 11.4 Å². The van der Waals surface area contributed by atoms with Gasteiger partial charge in [-0.1, -0.05) is 23.9 Å². The number of rotatable bonds is 8. The van der Waals surface area contributed by atoms with E-state index in [1.165, 1.54) is 7.11 Å². The summed E-state index contributed by atoms with van der Waals surface area (Å²) in [6.07, 6.45) is 0.991. The Kier molecular flexibility index (Phi) is 8.49. The first kappa shape index (κ1) is 28.1. The van der Waals surface area contributed by atoms with Crippen LogP contribution in [-0.4, -0.2) is 55.5 Å². The normalized spacial score (nSPS) is 16.3. The van der Waals surface area contributed by atoms with E-state index in [1.807, 2.05) is 43.3 Å². The van der Waals surface area contributed by atoms with Crippen LogP contribution in [0.25, 0.3) is 0 Å². The Labute approximate surface area is 243 Å². The van der Waals surface area contributed by atoms with E-state index in [2.05, 4.69) is 15.5 Å². The monoisotopic (exact) mass is 572 g/mol. The van der Waals surface area contributed by atoms with Gasteiger partial charge in [-0.05, 0) is 67.4 Å². The molecule has 0 saturated carbocycles. The highest BCUT2D eigenvalue weighted by Gasteiger charge is 2.37. The lowest BCUT2D eigenvalue weighted by atomic mass is 9.93. The summed E-state index contributed by atoms with van der Waals surface area (Å²) < 4.78 is 15.9. The van der Waals surface area contributed by atoms with E-state index < -0.39 is 0 Å². The lowest BCUT2D eigenvalue weighted by Gasteiger charge is -2.41. The third-order valence-electron chi connectivity index (χ3n) is 6.99. The van der Waals surface area contributed by atoms with Gasteiger partial charge in [0.25, 0.3) is 11.8 Å². The topological polar surface area (TPSA) is 101 Å². The first-order valence-corrected chi connectivity index (χ1v) is 14.2. The summed E-state index contributed by atoms with van der Waals surface area (Å²) in [7, 11) is 4.68. The second-order valence-electron chi connectivity index (χ2n) is 9.52. The Hall–Kier alpha value is -4.44. The minimum Gasteiger partial charge on any atom is -0.497 e. The zero-order valence-corrected chi connectivity index (χ0v) is 24.2. The van der Waals surface area contributed by atoms with Crippen molar-refractivity contribution < 1.29 is 23.8 Å². The average molecular weight is 573 g/mol. The maximum atomic E-state index is 13.7. The van der Waals surface area contributed by atoms with Crippen LogP contribution >= 0.6 is 11.8 Å². The van der Waals surface area contributed by atoms with E-state index in [0.29, 0.717) is 45.5 Å². The Morgan fingerprint density at radius 3 is 2.15 bits per heavy atom. The first-order chi connectivity index (χ1) is 19.9. The molecule has 1 fully saturated rings. The molecule has 0 bridgehead atoms. The molecule has 0 spiro atoms. The van der Waals surface area contributed by atoms with E-state index in [4.69, 9.17) is 19.2 Å². The predicted octanol–water partition coefficient (Wildman–Crippen LogP) is 5.73. The molecule has 9 nitrogen and oxygen atoms in total. The summed E-state index contributed by atoms with van der Waals surface area (Å²) in [5.74, 6) is 2.22. The molecule has 1 saturated heterocycles. The molecule has 2 aliphatic heterocycles. The number of aliphatic imine (C=N–C) groups is 1. The van der Waals surface area contributed by atoms with Gasteiger partial charge in [0.05, 0.1) is 44.2 Å². The van der Waals surface area contributed by atoms with Gasteiger partial charge in [0.2, 0.25) is 0 Å². The van der Waals surface area contributed by atoms with Gasteiger partial charge < -0.3 is 29.7 Å². The first-order valence-electron chi connectivity index (χ1n) is 13.2. The number of carbonyl (C=O) groups excluding carboxylic acids is 2. The van der Waals surface area contributed by atoms with Gasteiger partial charge in [-0.3, -0.25) is 9.59 Å². The van der Waals surface area contributed by atoms with Gasteiger partial charge in [-0.2, -0.15) is 0 Å². The molecule has 2 heterocycles. The maximum Gasteiger partial charge on any atom is 0.259 e. The number of carbonyl (C=O) groups is 2. The zero-order valence-electron chi connectivity index (χ0n) is 23.4. The second kappa shape index (κ2) is 12.4. The molecular weight excluding hydrogens is 540 g/mol. The summed E-state index contributed by atoms with van der Waals surface area (Å²) in [5, 5.41) is 6.89. The van der Waals surface area contributed by atoms with Crippen molar-refractivity contribution in [1.82, 2.24) is 4.90 Å². The molecule has 2 amide bonds. The smallest absolute Gasteiger partial charge is 0.259 e. The van der Waals surface area contributed by atoms with Crippen molar-refractivity contribution in [3.63, 3.8) is 0 Å². The summed E-state index contributed by atoms with van der Waals surface area (Å²) in [4.78, 5) is 33.7. The van der Waals surface area contributed by atoms with Gasteiger partial charge in [-0.25, -0.2) is 4.99 Å². The number of thioether (sulfide) groups is 1. The fourth-order valence-corrected chi connectivity index (χ4v) is 5.93. The number of amides is 2. The number of nitrogens with one attached hydrogen (secondary N) is 2. The van der Waals surface area contributed by atoms with Gasteiger partial charge >= 0.3 is 0 Å². The number of hydrogen-bond acceptors (Lipinski definition) is 8. The number of hydrogen-bond donors (Lipinski definition) is 2. The Balaban J connectivity index is 1.41. The molecule has 2 N–H and O–H groups in total. The molecule has 0 radical (unpaired) electrons. The summed E-state index contributed by atoms with van der Waals surface area (Å²) in [6.45, 7) is 2.67. The van der Waals surface area contributed by atoms with Crippen molar-refractivity contribution >= 4 is 40.1 Å². The van der Waals surface area contributed by atoms with Crippen LogP contribution in [0.15, 0.2) is 83.0 Å². The lowest BCUT2D eigenvalue weighted by Crippen LogP contribution is -2.43. The maximum absolute atomic E-state index is 13.7. The highest BCUT2D eigenvalue weighted by atomic mass is 32.2. The van der Waals surface area contributed by atoms with Crippen molar-refractivity contribution in [1.29, 1.82) is 0 Å². The Morgan fingerprint density at radius 1 is 0.854 bits per heavy atom. The summed E-state index contributed by atoms with van der Waals surface area (Å²) >= 11 is 1.70. The number of fused-ring (bicyclic) bond motifs is 1. The number of allylic oxidation sites excluding steroid dienone is 1. The number of amidine groups is 1. The quantitative estimate of drug-likeness (QED) is 0.356. The molecule has 2 aliphatic rings. The highest BCUT2D eigenvalue weighted by Crippen LogP contribution is 2.40. The molecule has 1 atom stereocenters. The lowest BCUT2D eigenvalue weighted by molar-refractivity contribution is -0.113. The zero-order chi connectivity index (χ0) is 28.9. The third-order valence-corrected chi connectivity index (χ3v) is 8.07. The van der Waals surface area contributed by atoms with E-state index in [0.717, 1.165) is 29.4 Å². The van der Waals surface area contributed by atoms with Crippen LogP contribution in [0.1, 0.15) is 35.3 Å². The molecular formula is C31H32N4O5S. The predicted molar refractivity (Wildman–Crippen MR) is 162 cm³/mol.